The number of amides is 2. The monoisotopic (exact) mass is 363 g/mol. The zero-order chi connectivity index (χ0) is 18.8. The van der Waals surface area contributed by atoms with Gasteiger partial charge in [-0.1, -0.05) is 24.3 Å². The summed E-state index contributed by atoms with van der Waals surface area (Å²) in [5, 5.41) is 0. The minimum absolute atomic E-state index is 0.0356. The number of carbonyl (C=O) groups is 2. The van der Waals surface area contributed by atoms with Gasteiger partial charge in [-0.15, -0.1) is 0 Å². The molecule has 4 rings (SSSR count). The van der Waals surface area contributed by atoms with E-state index in [1.54, 1.807) is 0 Å². The largest absolute Gasteiger partial charge is 0.369 e. The van der Waals surface area contributed by atoms with Crippen molar-refractivity contribution in [3.05, 3.63) is 65.2 Å². The van der Waals surface area contributed by atoms with Gasteiger partial charge in [-0.2, -0.15) is 0 Å². The molecule has 2 aliphatic rings. The normalized spacial score (nSPS) is 17.5. The summed E-state index contributed by atoms with van der Waals surface area (Å²) in [5.74, 6) is -0.318. The molecular formula is C22H25N3O2. The topological polar surface area (TPSA) is 66.6 Å². The fourth-order valence-corrected chi connectivity index (χ4v) is 4.08. The molecule has 0 saturated carbocycles. The lowest BCUT2D eigenvalue weighted by atomic mass is 9.96. The molecule has 140 valence electrons. The molecule has 2 N–H and O–H groups in total. The summed E-state index contributed by atoms with van der Waals surface area (Å²) >= 11 is 0. The Morgan fingerprint density at radius 2 is 1.56 bits per heavy atom. The summed E-state index contributed by atoms with van der Waals surface area (Å²) in [6, 6.07) is 16.5. The minimum atomic E-state index is -0.255. The Labute approximate surface area is 159 Å². The molecular weight excluding hydrogens is 338 g/mol. The number of nitrogens with two attached hydrogens (primary N) is 1. The van der Waals surface area contributed by atoms with Gasteiger partial charge in [0.2, 0.25) is 5.91 Å². The highest BCUT2D eigenvalue weighted by molar-refractivity contribution is 5.94. The molecule has 0 aromatic heterocycles. The zero-order valence-corrected chi connectivity index (χ0v) is 15.4. The Hall–Kier alpha value is -2.82. The van der Waals surface area contributed by atoms with Gasteiger partial charge in [-0.25, -0.2) is 0 Å². The van der Waals surface area contributed by atoms with Crippen molar-refractivity contribution < 1.29 is 9.59 Å². The zero-order valence-electron chi connectivity index (χ0n) is 15.4. The maximum absolute atomic E-state index is 12.7. The van der Waals surface area contributed by atoms with Gasteiger partial charge in [-0.3, -0.25) is 9.59 Å². The molecule has 5 heteroatoms. The van der Waals surface area contributed by atoms with Crippen molar-refractivity contribution in [2.24, 2.45) is 11.7 Å². The molecule has 2 aliphatic heterocycles. The van der Waals surface area contributed by atoms with Crippen LogP contribution in [0.25, 0.3) is 0 Å². The number of primary amides is 1. The number of nitrogens with zero attached hydrogens (tertiary/aromatic N) is 2. The summed E-state index contributed by atoms with van der Waals surface area (Å²) in [7, 11) is 0. The van der Waals surface area contributed by atoms with Gasteiger partial charge in [0, 0.05) is 43.3 Å². The SMILES string of the molecule is NC(=O)C1CCN(C(=O)c2ccc(N3CCc4ccccc4C3)cc2)CC1. The maximum Gasteiger partial charge on any atom is 0.253 e. The number of anilines is 1. The summed E-state index contributed by atoms with van der Waals surface area (Å²) in [6.07, 6.45) is 2.37. The van der Waals surface area contributed by atoms with Crippen molar-refractivity contribution in [1.82, 2.24) is 4.90 Å². The quantitative estimate of drug-likeness (QED) is 0.911. The van der Waals surface area contributed by atoms with Crippen LogP contribution < -0.4 is 10.6 Å². The third-order valence-corrected chi connectivity index (χ3v) is 5.79. The number of hydrogen-bond acceptors (Lipinski definition) is 3. The molecule has 2 aromatic rings. The van der Waals surface area contributed by atoms with E-state index < -0.39 is 0 Å². The summed E-state index contributed by atoms with van der Waals surface area (Å²) in [6.45, 7) is 3.09. The maximum atomic E-state index is 12.7. The Kier molecular flexibility index (Phi) is 4.84. The first-order valence-electron chi connectivity index (χ1n) is 9.62. The Bertz CT molecular complexity index is 839. The first-order valence-corrected chi connectivity index (χ1v) is 9.62. The van der Waals surface area contributed by atoms with Crippen molar-refractivity contribution in [2.45, 2.75) is 25.8 Å². The standard InChI is InChI=1S/C22H25N3O2/c23-21(26)17-10-12-24(13-11-17)22(27)18-5-7-20(8-6-18)25-14-9-16-3-1-2-4-19(16)15-25/h1-8,17H,9-15H2,(H2,23,26). The van der Waals surface area contributed by atoms with E-state index in [0.29, 0.717) is 31.5 Å². The van der Waals surface area contributed by atoms with Crippen molar-refractivity contribution in [2.75, 3.05) is 24.5 Å². The van der Waals surface area contributed by atoms with Gasteiger partial charge in [0.25, 0.3) is 5.91 Å². The van der Waals surface area contributed by atoms with Crippen LogP contribution in [0.1, 0.15) is 34.3 Å². The predicted molar refractivity (Wildman–Crippen MR) is 105 cm³/mol. The van der Waals surface area contributed by atoms with E-state index in [1.165, 1.54) is 11.1 Å². The van der Waals surface area contributed by atoms with Gasteiger partial charge in [-0.05, 0) is 54.7 Å². The van der Waals surface area contributed by atoms with E-state index in [9.17, 15) is 9.59 Å². The first-order chi connectivity index (χ1) is 13.1. The minimum Gasteiger partial charge on any atom is -0.369 e. The van der Waals surface area contributed by atoms with Crippen LogP contribution in [0.3, 0.4) is 0 Å². The van der Waals surface area contributed by atoms with Gasteiger partial charge < -0.3 is 15.5 Å². The van der Waals surface area contributed by atoms with Gasteiger partial charge >= 0.3 is 0 Å². The lowest BCUT2D eigenvalue weighted by molar-refractivity contribution is -0.123. The molecule has 5 nitrogen and oxygen atoms in total. The van der Waals surface area contributed by atoms with E-state index in [2.05, 4.69) is 29.2 Å². The molecule has 0 aliphatic carbocycles. The molecule has 1 fully saturated rings. The van der Waals surface area contributed by atoms with Crippen LogP contribution in [-0.2, 0) is 17.8 Å². The Balaban J connectivity index is 1.41. The number of benzene rings is 2. The molecule has 27 heavy (non-hydrogen) atoms. The summed E-state index contributed by atoms with van der Waals surface area (Å²) in [5.41, 5.74) is 10.0. The second kappa shape index (κ2) is 7.43. The van der Waals surface area contributed by atoms with Gasteiger partial charge in [0.1, 0.15) is 0 Å². The Morgan fingerprint density at radius 3 is 2.22 bits per heavy atom. The number of fused-ring (bicyclic) bond motifs is 1. The van der Waals surface area contributed by atoms with Crippen LogP contribution in [0.4, 0.5) is 5.69 Å². The molecule has 0 unspecified atom stereocenters. The van der Waals surface area contributed by atoms with E-state index in [4.69, 9.17) is 5.73 Å². The number of piperidine rings is 1. The highest BCUT2D eigenvalue weighted by Gasteiger charge is 2.26. The van der Waals surface area contributed by atoms with Gasteiger partial charge in [0.05, 0.1) is 0 Å². The number of rotatable bonds is 3. The van der Waals surface area contributed by atoms with Crippen LogP contribution in [0.15, 0.2) is 48.5 Å². The number of hydrogen-bond donors (Lipinski definition) is 1. The lowest BCUT2D eigenvalue weighted by Gasteiger charge is -2.32. The van der Waals surface area contributed by atoms with E-state index in [0.717, 1.165) is 25.2 Å². The van der Waals surface area contributed by atoms with Crippen LogP contribution in [0, 0.1) is 5.92 Å². The highest BCUT2D eigenvalue weighted by atomic mass is 16.2. The molecule has 0 spiro atoms. The smallest absolute Gasteiger partial charge is 0.253 e. The second-order valence-electron chi connectivity index (χ2n) is 7.46. The van der Waals surface area contributed by atoms with Crippen molar-refractivity contribution in [3.8, 4) is 0 Å². The van der Waals surface area contributed by atoms with E-state index >= 15 is 0 Å². The fraction of sp³-hybridized carbons (Fsp3) is 0.364. The third-order valence-electron chi connectivity index (χ3n) is 5.79. The van der Waals surface area contributed by atoms with Crippen molar-refractivity contribution in [3.63, 3.8) is 0 Å². The number of likely N-dealkylation sites (tertiary alicyclic amines) is 1. The molecule has 0 bridgehead atoms. The highest BCUT2D eigenvalue weighted by Crippen LogP contribution is 2.25. The van der Waals surface area contributed by atoms with E-state index in [-0.39, 0.29) is 17.7 Å². The van der Waals surface area contributed by atoms with Crippen molar-refractivity contribution >= 4 is 17.5 Å². The molecule has 0 radical (unpaired) electrons. The number of carbonyl (C=O) groups excluding carboxylic acids is 2. The molecule has 0 atom stereocenters. The molecule has 2 heterocycles. The first kappa shape index (κ1) is 17.6. The average molecular weight is 363 g/mol. The van der Waals surface area contributed by atoms with Gasteiger partial charge in [0.15, 0.2) is 0 Å². The fourth-order valence-electron chi connectivity index (χ4n) is 4.08. The second-order valence-corrected chi connectivity index (χ2v) is 7.46. The average Bonchev–Trinajstić information content (AvgIpc) is 2.73. The summed E-state index contributed by atoms with van der Waals surface area (Å²) in [4.78, 5) is 28.2. The lowest BCUT2D eigenvalue weighted by Crippen LogP contribution is -2.41. The molecule has 2 amide bonds. The molecule has 1 saturated heterocycles. The molecule has 2 aromatic carbocycles. The van der Waals surface area contributed by atoms with Crippen LogP contribution in [0.5, 0.6) is 0 Å². The Morgan fingerprint density at radius 1 is 0.889 bits per heavy atom. The summed E-state index contributed by atoms with van der Waals surface area (Å²) < 4.78 is 0. The van der Waals surface area contributed by atoms with Crippen LogP contribution in [-0.4, -0.2) is 36.3 Å². The van der Waals surface area contributed by atoms with E-state index in [1.807, 2.05) is 29.2 Å². The predicted octanol–water partition coefficient (Wildman–Crippen LogP) is 2.59. The third kappa shape index (κ3) is 3.68. The van der Waals surface area contributed by atoms with Crippen molar-refractivity contribution in [1.29, 1.82) is 0 Å². The van der Waals surface area contributed by atoms with Crippen LogP contribution >= 0.6 is 0 Å². The van der Waals surface area contributed by atoms with Crippen LogP contribution in [0.2, 0.25) is 0 Å².